The molecule has 2 aromatic rings. The molecule has 4 heteroatoms. The van der Waals surface area contributed by atoms with E-state index in [4.69, 9.17) is 4.74 Å². The van der Waals surface area contributed by atoms with E-state index in [2.05, 4.69) is 9.88 Å². The normalized spacial score (nSPS) is 15.6. The van der Waals surface area contributed by atoms with E-state index >= 15 is 0 Å². The second-order valence-electron chi connectivity index (χ2n) is 5.43. The van der Waals surface area contributed by atoms with E-state index in [1.807, 2.05) is 19.1 Å². The summed E-state index contributed by atoms with van der Waals surface area (Å²) in [6.07, 6.45) is 3.72. The van der Waals surface area contributed by atoms with E-state index in [9.17, 15) is 4.79 Å². The number of nitrogens with zero attached hydrogens (tertiary/aromatic N) is 1. The molecule has 0 bridgehead atoms. The summed E-state index contributed by atoms with van der Waals surface area (Å²) < 4.78 is 5.56. The van der Waals surface area contributed by atoms with Crippen LogP contribution in [0.3, 0.4) is 0 Å². The maximum Gasteiger partial charge on any atom is 0.248 e. The third-order valence-electron chi connectivity index (χ3n) is 4.05. The summed E-state index contributed by atoms with van der Waals surface area (Å²) in [5, 5.41) is 1.04. The number of aromatic amines is 1. The highest BCUT2D eigenvalue weighted by atomic mass is 16.5. The summed E-state index contributed by atoms with van der Waals surface area (Å²) in [5.41, 5.74) is 2.90. The zero-order valence-electron chi connectivity index (χ0n) is 12.0. The third-order valence-corrected chi connectivity index (χ3v) is 4.05. The van der Waals surface area contributed by atoms with Gasteiger partial charge in [-0.2, -0.15) is 0 Å². The van der Waals surface area contributed by atoms with Crippen molar-refractivity contribution in [2.24, 2.45) is 0 Å². The largest absolute Gasteiger partial charge is 0.495 e. The number of nitrogens with one attached hydrogen (secondary N) is 1. The molecular formula is C16H20N2O2. The fourth-order valence-corrected chi connectivity index (χ4v) is 2.99. The lowest BCUT2D eigenvalue weighted by Crippen LogP contribution is -2.29. The van der Waals surface area contributed by atoms with E-state index < -0.39 is 0 Å². The number of ether oxygens (including phenoxy) is 1. The van der Waals surface area contributed by atoms with Gasteiger partial charge < -0.3 is 14.6 Å². The van der Waals surface area contributed by atoms with Gasteiger partial charge in [0.25, 0.3) is 0 Å². The van der Waals surface area contributed by atoms with Crippen molar-refractivity contribution in [3.05, 3.63) is 34.1 Å². The first-order chi connectivity index (χ1) is 9.69. The number of anilines is 1. The van der Waals surface area contributed by atoms with Crippen LogP contribution >= 0.6 is 0 Å². The zero-order chi connectivity index (χ0) is 14.1. The SMILES string of the molecule is COc1cc2c(C)cc(=O)[nH]c2cc1N1CCCCC1. The molecule has 1 aromatic carbocycles. The number of H-pyrrole nitrogens is 1. The Morgan fingerprint density at radius 1 is 1.15 bits per heavy atom. The van der Waals surface area contributed by atoms with Crippen molar-refractivity contribution < 1.29 is 4.74 Å². The standard InChI is InChI=1S/C16H20N2O2/c1-11-8-16(19)17-13-10-14(15(20-2)9-12(11)13)18-6-4-3-5-7-18/h8-10H,3-7H2,1-2H3,(H,17,19). The average Bonchev–Trinajstić information content (AvgIpc) is 2.47. The maximum atomic E-state index is 11.6. The molecule has 1 aliphatic heterocycles. The molecule has 2 heterocycles. The van der Waals surface area contributed by atoms with E-state index in [0.29, 0.717) is 0 Å². The van der Waals surface area contributed by atoms with Gasteiger partial charge in [0, 0.05) is 24.5 Å². The van der Waals surface area contributed by atoms with Crippen molar-refractivity contribution >= 4 is 16.6 Å². The van der Waals surface area contributed by atoms with Crippen LogP contribution in [0.4, 0.5) is 5.69 Å². The van der Waals surface area contributed by atoms with E-state index in [0.717, 1.165) is 41.0 Å². The molecule has 0 radical (unpaired) electrons. The quantitative estimate of drug-likeness (QED) is 0.914. The summed E-state index contributed by atoms with van der Waals surface area (Å²) in [6.45, 7) is 4.06. The van der Waals surface area contributed by atoms with Gasteiger partial charge in [0.15, 0.2) is 0 Å². The molecule has 20 heavy (non-hydrogen) atoms. The van der Waals surface area contributed by atoms with Crippen LogP contribution in [0.1, 0.15) is 24.8 Å². The number of aromatic nitrogens is 1. The Labute approximate surface area is 118 Å². The predicted molar refractivity (Wildman–Crippen MR) is 81.9 cm³/mol. The van der Waals surface area contributed by atoms with Gasteiger partial charge in [-0.3, -0.25) is 4.79 Å². The van der Waals surface area contributed by atoms with Crippen molar-refractivity contribution in [3.8, 4) is 5.75 Å². The lowest BCUT2D eigenvalue weighted by atomic mass is 10.1. The van der Waals surface area contributed by atoms with Crippen LogP contribution in [0.25, 0.3) is 10.9 Å². The van der Waals surface area contributed by atoms with Crippen LogP contribution in [0.15, 0.2) is 23.0 Å². The van der Waals surface area contributed by atoms with E-state index in [-0.39, 0.29) is 5.56 Å². The first-order valence-electron chi connectivity index (χ1n) is 7.15. The van der Waals surface area contributed by atoms with Crippen LogP contribution in [-0.2, 0) is 0 Å². The Morgan fingerprint density at radius 2 is 1.90 bits per heavy atom. The number of pyridine rings is 1. The van der Waals surface area contributed by atoms with Crippen LogP contribution < -0.4 is 15.2 Å². The molecular weight excluding hydrogens is 252 g/mol. The van der Waals surface area contributed by atoms with Crippen LogP contribution in [0, 0.1) is 6.92 Å². The molecule has 0 atom stereocenters. The second kappa shape index (κ2) is 5.19. The van der Waals surface area contributed by atoms with Gasteiger partial charge in [0.05, 0.1) is 18.3 Å². The van der Waals surface area contributed by atoms with Gasteiger partial charge in [0.1, 0.15) is 5.75 Å². The Hall–Kier alpha value is -1.97. The third kappa shape index (κ3) is 2.26. The van der Waals surface area contributed by atoms with Gasteiger partial charge in [-0.15, -0.1) is 0 Å². The molecule has 1 saturated heterocycles. The summed E-state index contributed by atoms with van der Waals surface area (Å²) in [6, 6.07) is 5.71. The molecule has 0 aliphatic carbocycles. The fourth-order valence-electron chi connectivity index (χ4n) is 2.99. The monoisotopic (exact) mass is 272 g/mol. The molecule has 0 spiro atoms. The molecule has 4 nitrogen and oxygen atoms in total. The number of methoxy groups -OCH3 is 1. The molecule has 1 N–H and O–H groups in total. The summed E-state index contributed by atoms with van der Waals surface area (Å²) in [5.74, 6) is 0.884. The number of hydrogen-bond acceptors (Lipinski definition) is 3. The van der Waals surface area contributed by atoms with Crippen molar-refractivity contribution in [1.29, 1.82) is 0 Å². The predicted octanol–water partition coefficient (Wildman–Crippen LogP) is 2.84. The minimum Gasteiger partial charge on any atom is -0.495 e. The molecule has 0 unspecified atom stereocenters. The summed E-state index contributed by atoms with van der Waals surface area (Å²) in [4.78, 5) is 16.9. The Bertz CT molecular complexity index is 685. The van der Waals surface area contributed by atoms with Crippen LogP contribution in [0.2, 0.25) is 0 Å². The second-order valence-corrected chi connectivity index (χ2v) is 5.43. The van der Waals surface area contributed by atoms with Crippen molar-refractivity contribution in [3.63, 3.8) is 0 Å². The molecule has 106 valence electrons. The lowest BCUT2D eigenvalue weighted by Gasteiger charge is -2.30. The van der Waals surface area contributed by atoms with Crippen molar-refractivity contribution in [1.82, 2.24) is 4.98 Å². The minimum absolute atomic E-state index is 0.0511. The van der Waals surface area contributed by atoms with Crippen molar-refractivity contribution in [2.45, 2.75) is 26.2 Å². The van der Waals surface area contributed by atoms with Gasteiger partial charge in [-0.1, -0.05) is 0 Å². The Kier molecular flexibility index (Phi) is 3.38. The highest BCUT2D eigenvalue weighted by Crippen LogP contribution is 2.34. The molecule has 1 aliphatic rings. The Balaban J connectivity index is 2.17. The maximum absolute atomic E-state index is 11.6. The van der Waals surface area contributed by atoms with Crippen LogP contribution in [0.5, 0.6) is 5.75 Å². The topological polar surface area (TPSA) is 45.3 Å². The molecule has 1 aromatic heterocycles. The van der Waals surface area contributed by atoms with Gasteiger partial charge in [-0.25, -0.2) is 0 Å². The highest BCUT2D eigenvalue weighted by Gasteiger charge is 2.16. The average molecular weight is 272 g/mol. The van der Waals surface area contributed by atoms with Gasteiger partial charge in [0.2, 0.25) is 5.56 Å². The number of hydrogen-bond donors (Lipinski definition) is 1. The number of piperidine rings is 1. The molecule has 0 amide bonds. The number of fused-ring (bicyclic) bond motifs is 1. The molecule has 3 rings (SSSR count). The van der Waals surface area contributed by atoms with Gasteiger partial charge >= 0.3 is 0 Å². The minimum atomic E-state index is -0.0511. The van der Waals surface area contributed by atoms with E-state index in [1.54, 1.807) is 13.2 Å². The number of benzene rings is 1. The molecule has 0 saturated carbocycles. The lowest BCUT2D eigenvalue weighted by molar-refractivity contribution is 0.413. The first kappa shape index (κ1) is 13.0. The first-order valence-corrected chi connectivity index (χ1v) is 7.15. The fraction of sp³-hybridized carbons (Fsp3) is 0.438. The zero-order valence-corrected chi connectivity index (χ0v) is 12.0. The number of aryl methyl sites for hydroxylation is 1. The van der Waals surface area contributed by atoms with Gasteiger partial charge in [-0.05, 0) is 43.9 Å². The smallest absolute Gasteiger partial charge is 0.248 e. The van der Waals surface area contributed by atoms with E-state index in [1.165, 1.54) is 19.3 Å². The van der Waals surface area contributed by atoms with Crippen molar-refractivity contribution in [2.75, 3.05) is 25.1 Å². The molecule has 1 fully saturated rings. The highest BCUT2D eigenvalue weighted by molar-refractivity contribution is 5.88. The number of rotatable bonds is 2. The summed E-state index contributed by atoms with van der Waals surface area (Å²) >= 11 is 0. The van der Waals surface area contributed by atoms with Crippen LogP contribution in [-0.4, -0.2) is 25.2 Å². The Morgan fingerprint density at radius 3 is 2.60 bits per heavy atom. The summed E-state index contributed by atoms with van der Waals surface area (Å²) in [7, 11) is 1.70.